The third-order valence-corrected chi connectivity index (χ3v) is 12.8. The van der Waals surface area contributed by atoms with E-state index < -0.39 is 11.7 Å². The van der Waals surface area contributed by atoms with Crippen molar-refractivity contribution in [2.24, 2.45) is 18.9 Å². The molecule has 2 amide bonds. The van der Waals surface area contributed by atoms with Crippen molar-refractivity contribution in [3.63, 3.8) is 0 Å². The van der Waals surface area contributed by atoms with Crippen LogP contribution in [0.2, 0.25) is 0 Å². The van der Waals surface area contributed by atoms with E-state index in [0.29, 0.717) is 74.2 Å². The molecule has 70 heavy (non-hydrogen) atoms. The zero-order valence-corrected chi connectivity index (χ0v) is 42.2. The van der Waals surface area contributed by atoms with E-state index in [1.54, 1.807) is 37.4 Å². The first-order chi connectivity index (χ1) is 33.6. The number of alkyl halides is 3. The molecule has 3 saturated heterocycles. The molecule has 1 N–H and O–H groups in total. The highest BCUT2D eigenvalue weighted by molar-refractivity contribution is 6.08. The number of anilines is 1. The first-order valence-electron chi connectivity index (χ1n) is 24.9. The van der Waals surface area contributed by atoms with Crippen molar-refractivity contribution in [1.82, 2.24) is 19.8 Å². The molecule has 3 aliphatic rings. The van der Waals surface area contributed by atoms with E-state index in [0.717, 1.165) is 79.3 Å². The molecular weight excluding hydrogens is 900 g/mol. The Bertz CT molecular complexity index is 2500. The summed E-state index contributed by atoms with van der Waals surface area (Å²) in [4.78, 5) is 53.9. The van der Waals surface area contributed by atoms with Crippen LogP contribution in [-0.2, 0) is 30.8 Å². The van der Waals surface area contributed by atoms with Gasteiger partial charge in [-0.05, 0) is 99.1 Å². The third kappa shape index (κ3) is 14.7. The molecule has 2 aromatic carbocycles. The van der Waals surface area contributed by atoms with Crippen LogP contribution in [0.1, 0.15) is 120 Å². The minimum atomic E-state index is -4.61. The van der Waals surface area contributed by atoms with Crippen LogP contribution < -0.4 is 10.2 Å². The van der Waals surface area contributed by atoms with Crippen molar-refractivity contribution in [3.8, 4) is 0 Å². The highest BCUT2D eigenvalue weighted by Crippen LogP contribution is 2.37. The monoisotopic (exact) mass is 972 g/mol. The number of hydrogen-bond donors (Lipinski definition) is 1. The molecule has 15 heteroatoms. The Kier molecular flexibility index (Phi) is 21.0. The second kappa shape index (κ2) is 26.5. The van der Waals surface area contributed by atoms with Gasteiger partial charge in [0.15, 0.2) is 12.1 Å². The number of benzene rings is 2. The molecule has 12 nitrogen and oxygen atoms in total. The number of amides is 2. The number of rotatable bonds is 19. The minimum absolute atomic E-state index is 0.0164. The summed E-state index contributed by atoms with van der Waals surface area (Å²) < 4.78 is 64.4. The van der Waals surface area contributed by atoms with Gasteiger partial charge in [-0.1, -0.05) is 59.8 Å². The summed E-state index contributed by atoms with van der Waals surface area (Å²) in [7, 11) is 1.95. The summed E-state index contributed by atoms with van der Waals surface area (Å²) in [6.07, 6.45) is 8.54. The maximum Gasteiger partial charge on any atom is 0.419 e. The SMILES string of the molecule is CC.CC1CCC(=O)NC1=O.C\C=C(/C=C(\C(=C\CC)OC1CCN(CCCOCCCOC2CN(c3ccc(C(=O)C(C)C)c(C=O)c3)C2)CC1)C(F)(F)F)c1ccc2c3cnccc3n(C)c2c1. The predicted molar refractivity (Wildman–Crippen MR) is 271 cm³/mol. The predicted octanol–water partition coefficient (Wildman–Crippen LogP) is 10.8. The first-order valence-corrected chi connectivity index (χ1v) is 24.9. The Hall–Kier alpha value is -5.64. The number of ketones is 1. The molecule has 3 aliphatic heterocycles. The van der Waals surface area contributed by atoms with Crippen LogP contribution in [0.5, 0.6) is 0 Å². The molecule has 0 radical (unpaired) electrons. The molecule has 7 rings (SSSR count). The number of hydrogen-bond acceptors (Lipinski definition) is 10. The highest BCUT2D eigenvalue weighted by Gasteiger charge is 2.38. The number of nitrogens with one attached hydrogen (secondary N) is 1. The Morgan fingerprint density at radius 3 is 2.31 bits per heavy atom. The molecule has 5 heterocycles. The normalized spacial score (nSPS) is 17.7. The van der Waals surface area contributed by atoms with Gasteiger partial charge >= 0.3 is 6.18 Å². The Balaban J connectivity index is 0.000000738. The van der Waals surface area contributed by atoms with E-state index >= 15 is 0 Å². The van der Waals surface area contributed by atoms with Crippen LogP contribution in [0, 0.1) is 11.8 Å². The van der Waals surface area contributed by atoms with E-state index in [1.165, 1.54) is 6.08 Å². The number of aryl methyl sites for hydroxylation is 1. The Morgan fingerprint density at radius 2 is 1.67 bits per heavy atom. The number of aromatic nitrogens is 2. The zero-order chi connectivity index (χ0) is 51.0. The van der Waals surface area contributed by atoms with E-state index in [2.05, 4.69) is 20.1 Å². The molecule has 2 aromatic heterocycles. The topological polar surface area (TPSA) is 132 Å². The molecule has 0 saturated carbocycles. The molecule has 0 spiro atoms. The molecule has 0 bridgehead atoms. The van der Waals surface area contributed by atoms with Crippen LogP contribution in [-0.4, -0.2) is 109 Å². The van der Waals surface area contributed by atoms with Crippen molar-refractivity contribution in [2.75, 3.05) is 57.4 Å². The standard InChI is InChI=1S/C47H57F3N4O5.C6H9NO2.C2H6/c1-6-10-45(42(47(48,49)50)26-33(7-2)34-11-13-40-41-28-51-18-15-43(41)52(5)44(40)27-34)59-37-16-20-53(21-17-37)19-8-22-57-23-9-24-58-38-29-54(30-38)36-12-14-39(35(25-36)31-55)46(56)32(3)4;1-4-2-3-5(8)7-6(4)9;1-2/h7,10-15,18,25-28,31-32,37-38H,6,8-9,16-17,19-24,29-30H2,1-5H3;4H,2-3H2,1H3,(H,7,8,9);1-2H3/b33-7+,42-26+,45-10-;;. The fourth-order valence-corrected chi connectivity index (χ4v) is 8.69. The maximum absolute atomic E-state index is 14.8. The number of piperidine rings is 2. The second-order valence-electron chi connectivity index (χ2n) is 18.1. The van der Waals surface area contributed by atoms with Gasteiger partial charge in [-0.2, -0.15) is 13.2 Å². The average molecular weight is 972 g/mol. The number of halogens is 3. The fraction of sp³-hybridized carbons (Fsp3) is 0.509. The van der Waals surface area contributed by atoms with Gasteiger partial charge in [0.2, 0.25) is 11.8 Å². The number of fused-ring (bicyclic) bond motifs is 3. The van der Waals surface area contributed by atoms with Gasteiger partial charge in [-0.15, -0.1) is 0 Å². The Morgan fingerprint density at radius 1 is 0.943 bits per heavy atom. The third-order valence-electron chi connectivity index (χ3n) is 12.8. The van der Waals surface area contributed by atoms with Gasteiger partial charge in [0.25, 0.3) is 0 Å². The Labute approximate surface area is 411 Å². The van der Waals surface area contributed by atoms with Gasteiger partial charge in [0.1, 0.15) is 11.9 Å². The van der Waals surface area contributed by atoms with Crippen LogP contribution in [0.4, 0.5) is 18.9 Å². The summed E-state index contributed by atoms with van der Waals surface area (Å²) in [6, 6.07) is 13.1. The number of allylic oxidation sites excluding steroid dienone is 5. The summed E-state index contributed by atoms with van der Waals surface area (Å²) in [6.45, 7) is 18.7. The lowest BCUT2D eigenvalue weighted by Gasteiger charge is -2.40. The summed E-state index contributed by atoms with van der Waals surface area (Å²) in [5.74, 6) is -0.572. The fourth-order valence-electron chi connectivity index (χ4n) is 8.69. The zero-order valence-electron chi connectivity index (χ0n) is 42.2. The summed E-state index contributed by atoms with van der Waals surface area (Å²) >= 11 is 0. The van der Waals surface area contributed by atoms with Crippen LogP contribution >= 0.6 is 0 Å². The lowest BCUT2D eigenvalue weighted by molar-refractivity contribution is -0.135. The first kappa shape index (κ1) is 55.3. The smallest absolute Gasteiger partial charge is 0.419 e. The number of pyridine rings is 1. The minimum Gasteiger partial charge on any atom is -0.490 e. The summed E-state index contributed by atoms with van der Waals surface area (Å²) in [5, 5.41) is 4.25. The van der Waals surface area contributed by atoms with Crippen molar-refractivity contribution in [3.05, 3.63) is 101 Å². The maximum atomic E-state index is 14.8. The molecule has 380 valence electrons. The molecule has 1 atom stereocenters. The van der Waals surface area contributed by atoms with E-state index in [4.69, 9.17) is 14.2 Å². The van der Waals surface area contributed by atoms with Crippen LogP contribution in [0.15, 0.2) is 84.4 Å². The van der Waals surface area contributed by atoms with E-state index in [-0.39, 0.29) is 47.4 Å². The number of aldehydes is 1. The molecular formula is C55H72F3N5O7. The van der Waals surface area contributed by atoms with Crippen LogP contribution in [0.3, 0.4) is 0 Å². The van der Waals surface area contributed by atoms with Crippen molar-refractivity contribution >= 4 is 57.0 Å². The molecule has 0 aliphatic carbocycles. The number of nitrogens with zero attached hydrogens (tertiary/aromatic N) is 4. The van der Waals surface area contributed by atoms with Crippen molar-refractivity contribution in [2.45, 2.75) is 112 Å². The number of carbonyl (C=O) groups is 4. The van der Waals surface area contributed by atoms with Gasteiger partial charge in [0.05, 0.1) is 17.2 Å². The average Bonchev–Trinajstić information content (AvgIpc) is 3.62. The van der Waals surface area contributed by atoms with Crippen molar-refractivity contribution < 1.29 is 46.6 Å². The largest absolute Gasteiger partial charge is 0.490 e. The number of carbonyl (C=O) groups excluding carboxylic acids is 4. The molecule has 3 fully saturated rings. The number of imide groups is 1. The highest BCUT2D eigenvalue weighted by atomic mass is 19.4. The van der Waals surface area contributed by atoms with Crippen molar-refractivity contribution in [1.29, 1.82) is 0 Å². The molecule has 1 unspecified atom stereocenters. The lowest BCUT2D eigenvalue weighted by atomic mass is 9.96. The number of likely N-dealkylation sites (tertiary alicyclic amines) is 1. The lowest BCUT2D eigenvalue weighted by Crippen LogP contribution is -2.52. The molecule has 4 aromatic rings. The van der Waals surface area contributed by atoms with E-state index in [1.807, 2.05) is 89.7 Å². The quantitative estimate of drug-likeness (QED) is 0.0242. The van der Waals surface area contributed by atoms with E-state index in [9.17, 15) is 32.3 Å². The van der Waals surface area contributed by atoms with Gasteiger partial charge in [-0.3, -0.25) is 29.5 Å². The van der Waals surface area contributed by atoms with Gasteiger partial charge in [0, 0.05) is 123 Å². The summed E-state index contributed by atoms with van der Waals surface area (Å²) in [5.41, 5.74) is 4.13. The van der Waals surface area contributed by atoms with Gasteiger partial charge < -0.3 is 28.6 Å². The van der Waals surface area contributed by atoms with Crippen LogP contribution in [0.25, 0.3) is 27.4 Å². The second-order valence-corrected chi connectivity index (χ2v) is 18.1. The van der Waals surface area contributed by atoms with Gasteiger partial charge in [-0.25, -0.2) is 0 Å². The number of ether oxygens (including phenoxy) is 3. The number of Topliss-reactive ketones (excluding diaryl/α,β-unsaturated/α-hetero) is 1.